The first-order valence-electron chi connectivity index (χ1n) is 15.6. The highest BCUT2D eigenvalue weighted by Crippen LogP contribution is 2.43. The van der Waals surface area contributed by atoms with Crippen LogP contribution in [0.5, 0.6) is 0 Å². The molecule has 1 unspecified atom stereocenters. The molecule has 41 heavy (non-hydrogen) atoms. The molecule has 0 spiro atoms. The van der Waals surface area contributed by atoms with Gasteiger partial charge in [0.2, 0.25) is 0 Å². The van der Waals surface area contributed by atoms with Gasteiger partial charge in [-0.2, -0.15) is 0 Å². The van der Waals surface area contributed by atoms with Crippen molar-refractivity contribution in [2.24, 2.45) is 0 Å². The van der Waals surface area contributed by atoms with Gasteiger partial charge in [0.1, 0.15) is 6.10 Å². The summed E-state index contributed by atoms with van der Waals surface area (Å²) in [7, 11) is 4.39. The molecule has 4 heterocycles. The SMILES string of the molecule is C/C=C(\C)C(=O)OC1C[C@H]2CC[C@@H](C1)N2C.CCN(CC)C(=O)N[C@H]1C[C@@H]2c3cccc4[nH]cc(c34)C[C@H]2N(C)C1. The van der Waals surface area contributed by atoms with Crippen molar-refractivity contribution in [3.8, 4) is 0 Å². The van der Waals surface area contributed by atoms with E-state index in [-0.39, 0.29) is 24.1 Å². The Labute approximate surface area is 245 Å². The molecule has 8 heteroatoms. The van der Waals surface area contributed by atoms with E-state index in [0.29, 0.717) is 29.6 Å². The number of nitrogens with one attached hydrogen (secondary N) is 2. The number of rotatable bonds is 5. The molecular weight excluding hydrogens is 514 g/mol. The lowest BCUT2D eigenvalue weighted by atomic mass is 9.74. The molecule has 2 aromatic rings. The molecule has 6 atom stereocenters. The summed E-state index contributed by atoms with van der Waals surface area (Å²) in [6.07, 6.45) is 10.8. The van der Waals surface area contributed by atoms with Gasteiger partial charge in [-0.25, -0.2) is 9.59 Å². The Bertz CT molecular complexity index is 1250. The predicted octanol–water partition coefficient (Wildman–Crippen LogP) is 5.05. The van der Waals surface area contributed by atoms with Crippen LogP contribution in [-0.2, 0) is 16.0 Å². The van der Waals surface area contributed by atoms with Crippen LogP contribution in [0.3, 0.4) is 0 Å². The highest BCUT2D eigenvalue weighted by molar-refractivity contribution is 5.88. The average Bonchev–Trinajstić information content (AvgIpc) is 3.45. The number of ether oxygens (including phenoxy) is 1. The predicted molar refractivity (Wildman–Crippen MR) is 164 cm³/mol. The number of H-pyrrole nitrogens is 1. The summed E-state index contributed by atoms with van der Waals surface area (Å²) in [4.78, 5) is 34.3. The Hall–Kier alpha value is -2.84. The highest BCUT2D eigenvalue weighted by atomic mass is 16.5. The van der Waals surface area contributed by atoms with E-state index in [1.165, 1.54) is 34.9 Å². The number of nitrogens with zero attached hydrogens (tertiary/aromatic N) is 3. The molecule has 6 rings (SSSR count). The Balaban J connectivity index is 0.000000182. The molecule has 2 N–H and O–H groups in total. The molecule has 8 nitrogen and oxygen atoms in total. The second-order valence-corrected chi connectivity index (χ2v) is 12.5. The second-order valence-electron chi connectivity index (χ2n) is 12.5. The van der Waals surface area contributed by atoms with Gasteiger partial charge in [-0.1, -0.05) is 18.2 Å². The number of carbonyl (C=O) groups excluding carboxylic acids is 2. The number of aromatic nitrogens is 1. The summed E-state index contributed by atoms with van der Waals surface area (Å²) in [6.45, 7) is 10.2. The summed E-state index contributed by atoms with van der Waals surface area (Å²) in [5, 5.41) is 4.68. The third-order valence-corrected chi connectivity index (χ3v) is 10.2. The minimum Gasteiger partial charge on any atom is -0.459 e. The summed E-state index contributed by atoms with van der Waals surface area (Å²) in [5.41, 5.74) is 4.83. The number of fused-ring (bicyclic) bond motifs is 4. The lowest BCUT2D eigenvalue weighted by molar-refractivity contribution is -0.147. The molecule has 0 radical (unpaired) electrons. The van der Waals surface area contributed by atoms with Crippen LogP contribution in [0, 0.1) is 0 Å². The lowest BCUT2D eigenvalue weighted by Gasteiger charge is -2.45. The summed E-state index contributed by atoms with van der Waals surface area (Å²) in [5.74, 6) is 0.337. The van der Waals surface area contributed by atoms with E-state index in [0.717, 1.165) is 45.3 Å². The van der Waals surface area contributed by atoms with Gasteiger partial charge >= 0.3 is 12.0 Å². The van der Waals surface area contributed by atoms with Gasteiger partial charge in [-0.15, -0.1) is 0 Å². The first-order valence-corrected chi connectivity index (χ1v) is 15.6. The zero-order valence-corrected chi connectivity index (χ0v) is 25.8. The number of hydrogen-bond donors (Lipinski definition) is 2. The number of aromatic amines is 1. The molecule has 3 fully saturated rings. The molecule has 0 saturated carbocycles. The quantitative estimate of drug-likeness (QED) is 0.393. The molecule has 1 aromatic heterocycles. The van der Waals surface area contributed by atoms with Gasteiger partial charge in [0.25, 0.3) is 0 Å². The van der Waals surface area contributed by atoms with E-state index in [1.807, 2.05) is 38.7 Å². The topological polar surface area (TPSA) is 80.9 Å². The van der Waals surface area contributed by atoms with Crippen LogP contribution in [0.25, 0.3) is 10.9 Å². The van der Waals surface area contributed by atoms with Gasteiger partial charge in [0.15, 0.2) is 0 Å². The van der Waals surface area contributed by atoms with Crippen LogP contribution in [0.2, 0.25) is 0 Å². The maximum atomic E-state index is 12.5. The van der Waals surface area contributed by atoms with Crippen LogP contribution >= 0.6 is 0 Å². The summed E-state index contributed by atoms with van der Waals surface area (Å²) >= 11 is 0. The summed E-state index contributed by atoms with van der Waals surface area (Å²) in [6, 6.07) is 8.64. The molecular formula is C33H49N5O3. The van der Waals surface area contributed by atoms with Crippen LogP contribution < -0.4 is 5.32 Å². The van der Waals surface area contributed by atoms with Gasteiger partial charge in [0.05, 0.1) is 0 Å². The van der Waals surface area contributed by atoms with Crippen molar-refractivity contribution in [2.75, 3.05) is 33.7 Å². The Morgan fingerprint density at radius 3 is 2.49 bits per heavy atom. The Morgan fingerprint density at radius 2 is 1.83 bits per heavy atom. The van der Waals surface area contributed by atoms with Crippen molar-refractivity contribution in [1.82, 2.24) is 25.0 Å². The molecule has 3 aliphatic heterocycles. The first-order chi connectivity index (χ1) is 19.7. The molecule has 2 amide bonds. The van der Waals surface area contributed by atoms with Crippen LogP contribution in [0.15, 0.2) is 36.0 Å². The van der Waals surface area contributed by atoms with Crippen LogP contribution in [0.4, 0.5) is 4.79 Å². The highest BCUT2D eigenvalue weighted by Gasteiger charge is 2.41. The zero-order valence-electron chi connectivity index (χ0n) is 25.8. The zero-order chi connectivity index (χ0) is 29.3. The van der Waals surface area contributed by atoms with Crippen molar-refractivity contribution in [2.45, 2.75) is 102 Å². The number of amides is 2. The number of esters is 1. The normalized spacial score (nSPS) is 29.4. The van der Waals surface area contributed by atoms with Crippen molar-refractivity contribution in [3.05, 3.63) is 47.2 Å². The van der Waals surface area contributed by atoms with Crippen molar-refractivity contribution >= 4 is 22.9 Å². The lowest BCUT2D eigenvalue weighted by Crippen LogP contribution is -2.56. The third-order valence-electron chi connectivity index (χ3n) is 10.2. The fraction of sp³-hybridized carbons (Fsp3) is 0.636. The fourth-order valence-electron chi connectivity index (χ4n) is 7.64. The third kappa shape index (κ3) is 6.05. The monoisotopic (exact) mass is 563 g/mol. The maximum absolute atomic E-state index is 12.5. The number of likely N-dealkylation sites (N-methyl/N-ethyl adjacent to an activating group) is 1. The van der Waals surface area contributed by atoms with Crippen molar-refractivity contribution in [3.63, 3.8) is 0 Å². The minimum atomic E-state index is -0.142. The average molecular weight is 564 g/mol. The molecule has 224 valence electrons. The molecule has 3 saturated heterocycles. The number of urea groups is 1. The van der Waals surface area contributed by atoms with Crippen LogP contribution in [-0.4, -0.2) is 95.7 Å². The maximum Gasteiger partial charge on any atom is 0.333 e. The molecule has 1 aliphatic carbocycles. The number of likely N-dealkylation sites (tertiary alicyclic amines) is 1. The number of allylic oxidation sites excluding steroid dienone is 1. The van der Waals surface area contributed by atoms with E-state index in [4.69, 9.17) is 4.74 Å². The smallest absolute Gasteiger partial charge is 0.333 e. The molecule has 2 bridgehead atoms. The van der Waals surface area contributed by atoms with Crippen molar-refractivity contribution in [1.29, 1.82) is 0 Å². The van der Waals surface area contributed by atoms with E-state index in [1.54, 1.807) is 0 Å². The van der Waals surface area contributed by atoms with Gasteiger partial charge in [0, 0.05) is 85.2 Å². The first kappa shape index (κ1) is 29.6. The van der Waals surface area contributed by atoms with Crippen LogP contribution in [0.1, 0.15) is 76.8 Å². The van der Waals surface area contributed by atoms with E-state index in [2.05, 4.69) is 58.6 Å². The Kier molecular flexibility index (Phi) is 9.09. The largest absolute Gasteiger partial charge is 0.459 e. The Morgan fingerprint density at radius 1 is 1.12 bits per heavy atom. The fourth-order valence-corrected chi connectivity index (χ4v) is 7.64. The molecule has 1 aromatic carbocycles. The van der Waals surface area contributed by atoms with Gasteiger partial charge in [-0.05, 0) is 84.7 Å². The number of piperidine rings is 2. The van der Waals surface area contributed by atoms with E-state index in [9.17, 15) is 9.59 Å². The van der Waals surface area contributed by atoms with E-state index < -0.39 is 0 Å². The number of carbonyl (C=O) groups is 2. The second kappa shape index (κ2) is 12.6. The number of hydrogen-bond acceptors (Lipinski definition) is 5. The van der Waals surface area contributed by atoms with E-state index >= 15 is 0 Å². The van der Waals surface area contributed by atoms with Crippen molar-refractivity contribution < 1.29 is 14.3 Å². The molecule has 4 aliphatic rings. The number of benzene rings is 1. The summed E-state index contributed by atoms with van der Waals surface area (Å²) < 4.78 is 5.54. The van der Waals surface area contributed by atoms with Gasteiger partial charge < -0.3 is 29.7 Å². The van der Waals surface area contributed by atoms with Gasteiger partial charge in [-0.3, -0.25) is 0 Å². The minimum absolute atomic E-state index is 0.0678. The standard InChI is InChI=1S/C20H28N4O.C13H21NO2/c1-4-24(5-2)20(25)22-14-10-16-15-7-6-8-17-19(15)13(11-21-17)9-18(16)23(3)12-14;1-4-9(2)13(15)16-12-7-10-5-6-11(8-12)14(10)3/h6-8,11,14,16,18,21H,4-5,9-10,12H2,1-3H3,(H,22,25);4,10-12H,5-8H2,1-3H3/b;9-4+/t14-,16+,18+;10-,11+,12?/m0./s1.